The van der Waals surface area contributed by atoms with Crippen molar-refractivity contribution in [3.63, 3.8) is 0 Å². The predicted molar refractivity (Wildman–Crippen MR) is 48.4 cm³/mol. The van der Waals surface area contributed by atoms with Gasteiger partial charge in [0.25, 0.3) is 0 Å². The Hall–Kier alpha value is -1.40. The van der Waals surface area contributed by atoms with Crippen LogP contribution >= 0.6 is 0 Å². The smallest absolute Gasteiger partial charge is 0.226 e. The van der Waals surface area contributed by atoms with E-state index in [-0.39, 0.29) is 25.5 Å². The molecule has 1 heterocycles. The summed E-state index contributed by atoms with van der Waals surface area (Å²) in [4.78, 5) is 11.2. The van der Waals surface area contributed by atoms with Crippen LogP contribution in [0.25, 0.3) is 0 Å². The van der Waals surface area contributed by atoms with Crippen molar-refractivity contribution in [3.8, 4) is 0 Å². The lowest BCUT2D eigenvalue weighted by atomic mass is 10.3. The second kappa shape index (κ2) is 5.36. The summed E-state index contributed by atoms with van der Waals surface area (Å²) < 4.78 is 0. The number of nitrogens with one attached hydrogen (secondary N) is 2. The zero-order chi connectivity index (χ0) is 10.4. The minimum Gasteiger partial charge on any atom is -0.394 e. The van der Waals surface area contributed by atoms with E-state index in [1.54, 1.807) is 12.3 Å². The Morgan fingerprint density at radius 1 is 1.71 bits per heavy atom. The first-order valence-corrected chi connectivity index (χ1v) is 4.26. The summed E-state index contributed by atoms with van der Waals surface area (Å²) in [5.74, 6) is -0.221. The molecule has 1 aromatic rings. The van der Waals surface area contributed by atoms with Crippen LogP contribution in [0.5, 0.6) is 0 Å². The van der Waals surface area contributed by atoms with Gasteiger partial charge < -0.3 is 15.5 Å². The van der Waals surface area contributed by atoms with Gasteiger partial charge >= 0.3 is 0 Å². The van der Waals surface area contributed by atoms with Crippen LogP contribution in [-0.4, -0.2) is 45.6 Å². The van der Waals surface area contributed by atoms with E-state index in [1.807, 2.05) is 0 Å². The highest BCUT2D eigenvalue weighted by Crippen LogP contribution is 1.92. The van der Waals surface area contributed by atoms with E-state index in [1.165, 1.54) is 0 Å². The number of carbonyl (C=O) groups excluding carboxylic acids is 1. The maximum atomic E-state index is 11.2. The third-order valence-corrected chi connectivity index (χ3v) is 1.66. The number of hydrogen-bond acceptors (Lipinski definition) is 4. The van der Waals surface area contributed by atoms with Gasteiger partial charge in [0, 0.05) is 18.4 Å². The van der Waals surface area contributed by atoms with Gasteiger partial charge in [0.1, 0.15) is 0 Å². The molecule has 1 aromatic heterocycles. The van der Waals surface area contributed by atoms with Gasteiger partial charge in [0.05, 0.1) is 19.1 Å². The number of rotatable bonds is 5. The molecule has 0 aromatic carbocycles. The molecule has 1 rings (SSSR count). The third kappa shape index (κ3) is 3.55. The Kier molecular flexibility index (Phi) is 4.09. The highest BCUT2D eigenvalue weighted by Gasteiger charge is 2.06. The number of aromatic amines is 1. The lowest BCUT2D eigenvalue weighted by Crippen LogP contribution is -2.34. The molecule has 78 valence electrons. The average molecular weight is 199 g/mol. The van der Waals surface area contributed by atoms with Crippen molar-refractivity contribution in [3.05, 3.63) is 18.0 Å². The summed E-state index contributed by atoms with van der Waals surface area (Å²) in [6.45, 7) is -0.298. The second-order valence-electron chi connectivity index (χ2n) is 2.90. The fourth-order valence-corrected chi connectivity index (χ4v) is 0.915. The van der Waals surface area contributed by atoms with Gasteiger partial charge in [-0.05, 0) is 6.07 Å². The molecule has 0 saturated carbocycles. The lowest BCUT2D eigenvalue weighted by Gasteiger charge is -2.07. The Balaban J connectivity index is 2.23. The molecule has 6 nitrogen and oxygen atoms in total. The number of aliphatic hydroxyl groups excluding tert-OH is 2. The van der Waals surface area contributed by atoms with Gasteiger partial charge in [0.2, 0.25) is 5.91 Å². The SMILES string of the molecule is O=C(Cc1ccn[nH]1)NCC(O)CO. The van der Waals surface area contributed by atoms with Crippen LogP contribution in [0.15, 0.2) is 12.3 Å². The number of amides is 1. The van der Waals surface area contributed by atoms with Gasteiger partial charge in [-0.25, -0.2) is 0 Å². The molecule has 0 aliphatic heterocycles. The first kappa shape index (κ1) is 10.7. The standard InChI is InChI=1S/C8H13N3O3/c12-5-7(13)4-9-8(14)3-6-1-2-10-11-6/h1-2,7,12-13H,3-5H2,(H,9,14)(H,10,11). The molecule has 0 aliphatic carbocycles. The molecule has 0 fully saturated rings. The van der Waals surface area contributed by atoms with Crippen molar-refractivity contribution >= 4 is 5.91 Å². The fourth-order valence-electron chi connectivity index (χ4n) is 0.915. The summed E-state index contributed by atoms with van der Waals surface area (Å²) in [6, 6.07) is 1.70. The minimum atomic E-state index is -0.902. The molecule has 0 spiro atoms. The van der Waals surface area contributed by atoms with E-state index in [0.29, 0.717) is 5.69 Å². The van der Waals surface area contributed by atoms with Crippen LogP contribution in [0.1, 0.15) is 5.69 Å². The van der Waals surface area contributed by atoms with Crippen LogP contribution in [0.3, 0.4) is 0 Å². The molecule has 1 unspecified atom stereocenters. The lowest BCUT2D eigenvalue weighted by molar-refractivity contribution is -0.121. The molecular formula is C8H13N3O3. The monoisotopic (exact) mass is 199 g/mol. The van der Waals surface area contributed by atoms with E-state index in [2.05, 4.69) is 15.5 Å². The van der Waals surface area contributed by atoms with Crippen LogP contribution in [0.4, 0.5) is 0 Å². The predicted octanol–water partition coefficient (Wildman–Crippen LogP) is -1.58. The molecule has 6 heteroatoms. The fraction of sp³-hybridized carbons (Fsp3) is 0.500. The maximum absolute atomic E-state index is 11.2. The average Bonchev–Trinajstić information content (AvgIpc) is 2.66. The minimum absolute atomic E-state index is 0.0590. The van der Waals surface area contributed by atoms with Crippen molar-refractivity contribution in [2.24, 2.45) is 0 Å². The van der Waals surface area contributed by atoms with Gasteiger partial charge in [0.15, 0.2) is 0 Å². The van der Waals surface area contributed by atoms with E-state index in [9.17, 15) is 4.79 Å². The van der Waals surface area contributed by atoms with Crippen LogP contribution in [-0.2, 0) is 11.2 Å². The summed E-state index contributed by atoms with van der Waals surface area (Å²) in [6.07, 6.45) is 0.851. The number of hydrogen-bond donors (Lipinski definition) is 4. The molecule has 0 saturated heterocycles. The number of aromatic nitrogens is 2. The Morgan fingerprint density at radius 3 is 3.07 bits per heavy atom. The molecule has 0 bridgehead atoms. The zero-order valence-electron chi connectivity index (χ0n) is 7.60. The Bertz CT molecular complexity index is 273. The van der Waals surface area contributed by atoms with Crippen molar-refractivity contribution in [2.75, 3.05) is 13.2 Å². The van der Waals surface area contributed by atoms with Gasteiger partial charge in [-0.1, -0.05) is 0 Å². The quantitative estimate of drug-likeness (QED) is 0.460. The molecule has 1 atom stereocenters. The zero-order valence-corrected chi connectivity index (χ0v) is 7.60. The Labute approximate surface area is 81.0 Å². The summed E-state index contributed by atoms with van der Waals surface area (Å²) >= 11 is 0. The van der Waals surface area contributed by atoms with E-state index >= 15 is 0 Å². The molecule has 0 aliphatic rings. The van der Waals surface area contributed by atoms with E-state index in [4.69, 9.17) is 10.2 Å². The Morgan fingerprint density at radius 2 is 2.50 bits per heavy atom. The molecule has 4 N–H and O–H groups in total. The van der Waals surface area contributed by atoms with Crippen molar-refractivity contribution < 1.29 is 15.0 Å². The normalized spacial score (nSPS) is 12.4. The van der Waals surface area contributed by atoms with E-state index < -0.39 is 6.10 Å². The number of aliphatic hydroxyl groups is 2. The maximum Gasteiger partial charge on any atom is 0.226 e. The second-order valence-corrected chi connectivity index (χ2v) is 2.90. The van der Waals surface area contributed by atoms with Crippen LogP contribution < -0.4 is 5.32 Å². The topological polar surface area (TPSA) is 98.2 Å². The largest absolute Gasteiger partial charge is 0.394 e. The number of H-pyrrole nitrogens is 1. The number of carbonyl (C=O) groups is 1. The third-order valence-electron chi connectivity index (χ3n) is 1.66. The summed E-state index contributed by atoms with van der Waals surface area (Å²) in [5.41, 5.74) is 0.709. The van der Waals surface area contributed by atoms with E-state index in [0.717, 1.165) is 0 Å². The van der Waals surface area contributed by atoms with Crippen molar-refractivity contribution in [2.45, 2.75) is 12.5 Å². The van der Waals surface area contributed by atoms with Gasteiger partial charge in [-0.2, -0.15) is 5.10 Å². The highest BCUT2D eigenvalue weighted by atomic mass is 16.3. The van der Waals surface area contributed by atoms with Gasteiger partial charge in [-0.15, -0.1) is 0 Å². The molecule has 1 amide bonds. The number of nitrogens with zero attached hydrogens (tertiary/aromatic N) is 1. The highest BCUT2D eigenvalue weighted by molar-refractivity contribution is 5.78. The van der Waals surface area contributed by atoms with Crippen molar-refractivity contribution in [1.82, 2.24) is 15.5 Å². The molecule has 14 heavy (non-hydrogen) atoms. The van der Waals surface area contributed by atoms with Gasteiger partial charge in [-0.3, -0.25) is 9.89 Å². The first-order valence-electron chi connectivity index (χ1n) is 4.26. The van der Waals surface area contributed by atoms with Crippen molar-refractivity contribution in [1.29, 1.82) is 0 Å². The summed E-state index contributed by atoms with van der Waals surface area (Å²) in [5, 5.41) is 26.2. The molecule has 0 radical (unpaired) electrons. The van der Waals surface area contributed by atoms with Crippen LogP contribution in [0, 0.1) is 0 Å². The molecular weight excluding hydrogens is 186 g/mol. The first-order chi connectivity index (χ1) is 6.72. The summed E-state index contributed by atoms with van der Waals surface area (Å²) in [7, 11) is 0. The van der Waals surface area contributed by atoms with Crippen LogP contribution in [0.2, 0.25) is 0 Å².